The molecule has 0 aliphatic heterocycles. The van der Waals surface area contributed by atoms with E-state index in [2.05, 4.69) is 29.4 Å². The molecule has 2 aromatic carbocycles. The number of H-pyrrole nitrogens is 1. The molecule has 0 fully saturated rings. The summed E-state index contributed by atoms with van der Waals surface area (Å²) < 4.78 is 0. The van der Waals surface area contributed by atoms with Gasteiger partial charge < -0.3 is 4.98 Å². The van der Waals surface area contributed by atoms with Gasteiger partial charge in [0.15, 0.2) is 0 Å². The van der Waals surface area contributed by atoms with Crippen LogP contribution in [-0.2, 0) is 0 Å². The summed E-state index contributed by atoms with van der Waals surface area (Å²) in [5, 5.41) is 16.1. The Balaban J connectivity index is 2.01. The minimum atomic E-state index is -0.441. The molecule has 1 heterocycles. The number of carbonyl (C=O) groups is 1. The van der Waals surface area contributed by atoms with Gasteiger partial charge in [0, 0.05) is 34.3 Å². The number of hydrogen-bond acceptors (Lipinski definition) is 4. The Morgan fingerprint density at radius 2 is 1.93 bits per heavy atom. The first-order chi connectivity index (χ1) is 13.9. The molecule has 29 heavy (non-hydrogen) atoms. The Kier molecular flexibility index (Phi) is 6.07. The molecule has 3 rings (SSSR count). The summed E-state index contributed by atoms with van der Waals surface area (Å²) in [6, 6.07) is 13.9. The molecule has 0 aliphatic rings. The third-order valence-electron chi connectivity index (χ3n) is 4.71. The summed E-state index contributed by atoms with van der Waals surface area (Å²) >= 11 is 0. The average molecular weight is 392 g/mol. The maximum atomic E-state index is 12.9. The first-order valence-electron chi connectivity index (χ1n) is 9.56. The second kappa shape index (κ2) is 8.68. The van der Waals surface area contributed by atoms with Crippen molar-refractivity contribution < 1.29 is 9.72 Å². The molecule has 0 atom stereocenters. The van der Waals surface area contributed by atoms with E-state index >= 15 is 0 Å². The van der Waals surface area contributed by atoms with Crippen molar-refractivity contribution in [1.29, 1.82) is 0 Å². The van der Waals surface area contributed by atoms with E-state index < -0.39 is 4.92 Å². The fraction of sp³-hybridized carbons (Fsp3) is 0.273. The fourth-order valence-corrected chi connectivity index (χ4v) is 3.12. The van der Waals surface area contributed by atoms with E-state index in [1.807, 2.05) is 37.3 Å². The van der Waals surface area contributed by atoms with Gasteiger partial charge >= 0.3 is 0 Å². The number of benzene rings is 2. The van der Waals surface area contributed by atoms with Crippen LogP contribution in [0.1, 0.15) is 44.1 Å². The minimum Gasteiger partial charge on any atom is -0.350 e. The molecule has 1 aromatic heterocycles. The van der Waals surface area contributed by atoms with E-state index in [0.29, 0.717) is 28.1 Å². The molecule has 2 N–H and O–H groups in total. The molecular formula is C22H24N4O3. The van der Waals surface area contributed by atoms with Crippen molar-refractivity contribution in [1.82, 2.24) is 10.4 Å². The molecule has 0 aliphatic carbocycles. The third-order valence-corrected chi connectivity index (χ3v) is 4.71. The maximum Gasteiger partial charge on any atom is 0.288 e. The molecular weight excluding hydrogens is 368 g/mol. The number of nitro groups is 1. The lowest BCUT2D eigenvalue weighted by Crippen LogP contribution is -2.20. The smallest absolute Gasteiger partial charge is 0.288 e. The lowest BCUT2D eigenvalue weighted by atomic mass is 10.0. The Hall–Kier alpha value is -3.48. The predicted molar refractivity (Wildman–Crippen MR) is 115 cm³/mol. The molecule has 150 valence electrons. The van der Waals surface area contributed by atoms with Crippen LogP contribution >= 0.6 is 0 Å². The van der Waals surface area contributed by atoms with Crippen molar-refractivity contribution in [3.63, 3.8) is 0 Å². The minimum absolute atomic E-state index is 0.0248. The molecule has 0 unspecified atom stereocenters. The summed E-state index contributed by atoms with van der Waals surface area (Å²) in [5.74, 6) is 0.177. The van der Waals surface area contributed by atoms with Gasteiger partial charge in [-0.2, -0.15) is 5.10 Å². The number of aromatic nitrogens is 1. The highest BCUT2D eigenvalue weighted by Gasteiger charge is 2.21. The van der Waals surface area contributed by atoms with Crippen molar-refractivity contribution >= 4 is 28.2 Å². The molecule has 7 nitrogen and oxygen atoms in total. The molecule has 0 spiro atoms. The number of non-ortho nitro benzene ring substituents is 1. The fourth-order valence-electron chi connectivity index (χ4n) is 3.12. The predicted octanol–water partition coefficient (Wildman–Crippen LogP) is 5.29. The number of aromatic amines is 1. The quantitative estimate of drug-likeness (QED) is 0.325. The number of fused-ring (bicyclic) bond motifs is 1. The van der Waals surface area contributed by atoms with Crippen molar-refractivity contribution in [2.24, 2.45) is 11.0 Å². The molecule has 0 radical (unpaired) electrons. The van der Waals surface area contributed by atoms with Crippen LogP contribution in [0.25, 0.3) is 22.0 Å². The van der Waals surface area contributed by atoms with Crippen molar-refractivity contribution in [2.45, 2.75) is 33.6 Å². The normalized spacial score (nSPS) is 11.8. The second-order valence-corrected chi connectivity index (χ2v) is 7.45. The van der Waals surface area contributed by atoms with Gasteiger partial charge in [0.1, 0.15) is 5.69 Å². The van der Waals surface area contributed by atoms with Gasteiger partial charge in [0.05, 0.1) is 4.92 Å². The Morgan fingerprint density at radius 3 is 2.59 bits per heavy atom. The Bertz CT molecular complexity index is 1070. The zero-order valence-electron chi connectivity index (χ0n) is 16.7. The molecule has 0 saturated carbocycles. The monoisotopic (exact) mass is 392 g/mol. The van der Waals surface area contributed by atoms with Crippen LogP contribution < -0.4 is 5.43 Å². The van der Waals surface area contributed by atoms with E-state index in [1.54, 1.807) is 6.07 Å². The van der Waals surface area contributed by atoms with E-state index in [0.717, 1.165) is 24.1 Å². The summed E-state index contributed by atoms with van der Waals surface area (Å²) in [5.41, 5.74) is 5.83. The topological polar surface area (TPSA) is 100 Å². The van der Waals surface area contributed by atoms with Crippen LogP contribution in [0.3, 0.4) is 0 Å². The Morgan fingerprint density at radius 1 is 1.21 bits per heavy atom. The van der Waals surface area contributed by atoms with Crippen LogP contribution in [0, 0.1) is 16.0 Å². The highest BCUT2D eigenvalue weighted by Crippen LogP contribution is 2.34. The summed E-state index contributed by atoms with van der Waals surface area (Å²) in [4.78, 5) is 26.8. The van der Waals surface area contributed by atoms with Gasteiger partial charge in [0.25, 0.3) is 11.6 Å². The zero-order chi connectivity index (χ0) is 21.0. The van der Waals surface area contributed by atoms with Gasteiger partial charge in [-0.3, -0.25) is 14.9 Å². The molecule has 3 aromatic rings. The lowest BCUT2D eigenvalue weighted by molar-refractivity contribution is -0.384. The van der Waals surface area contributed by atoms with Crippen LogP contribution in [0.4, 0.5) is 5.69 Å². The van der Waals surface area contributed by atoms with Crippen LogP contribution in [0.15, 0.2) is 53.6 Å². The zero-order valence-corrected chi connectivity index (χ0v) is 16.7. The van der Waals surface area contributed by atoms with Crippen LogP contribution in [0.5, 0.6) is 0 Å². The molecule has 1 amide bonds. The summed E-state index contributed by atoms with van der Waals surface area (Å²) in [6.07, 6.45) is 1.80. The molecule has 0 saturated heterocycles. The third kappa shape index (κ3) is 4.68. The highest BCUT2D eigenvalue weighted by atomic mass is 16.6. The number of hydrogen-bond donors (Lipinski definition) is 2. The van der Waals surface area contributed by atoms with Gasteiger partial charge in [0.2, 0.25) is 0 Å². The highest BCUT2D eigenvalue weighted by molar-refractivity contribution is 6.10. The maximum absolute atomic E-state index is 12.9. The second-order valence-electron chi connectivity index (χ2n) is 7.45. The largest absolute Gasteiger partial charge is 0.350 e. The molecule has 0 bridgehead atoms. The number of nitrogens with one attached hydrogen (secondary N) is 2. The van der Waals surface area contributed by atoms with Crippen LogP contribution in [-0.4, -0.2) is 21.5 Å². The summed E-state index contributed by atoms with van der Waals surface area (Å²) in [7, 11) is 0. The van der Waals surface area contributed by atoms with Crippen molar-refractivity contribution in [3.05, 3.63) is 64.3 Å². The molecule has 7 heteroatoms. The first-order valence-corrected chi connectivity index (χ1v) is 9.56. The average Bonchev–Trinajstić information content (AvgIpc) is 3.09. The summed E-state index contributed by atoms with van der Waals surface area (Å²) in [6.45, 7) is 6.17. The van der Waals surface area contributed by atoms with E-state index in [9.17, 15) is 14.9 Å². The van der Waals surface area contributed by atoms with E-state index in [-0.39, 0.29) is 11.6 Å². The number of amides is 1. The lowest BCUT2D eigenvalue weighted by Gasteiger charge is -2.06. The van der Waals surface area contributed by atoms with Crippen LogP contribution in [0.2, 0.25) is 0 Å². The van der Waals surface area contributed by atoms with E-state index in [4.69, 9.17) is 0 Å². The van der Waals surface area contributed by atoms with Gasteiger partial charge in [-0.1, -0.05) is 44.2 Å². The number of rotatable bonds is 7. The standard InChI is InChI=1S/C22H24N4O3/c1-14(2)9-10-15(3)24-25-22(27)21-20(16-7-5-4-6-8-16)18-13-17(26(28)29)11-12-19(18)23-21/h4-8,11-14,23H,9-10H2,1-3H3,(H,25,27)/b24-15-. The Labute approximate surface area is 169 Å². The van der Waals surface area contributed by atoms with Gasteiger partial charge in [-0.15, -0.1) is 0 Å². The number of hydrazone groups is 1. The van der Waals surface area contributed by atoms with Crippen molar-refractivity contribution in [3.8, 4) is 11.1 Å². The van der Waals surface area contributed by atoms with Gasteiger partial charge in [-0.25, -0.2) is 5.43 Å². The SMILES string of the molecule is C/C(CCC(C)C)=N/NC(=O)c1[nH]c2ccc([N+](=O)[O-])cc2c1-c1ccccc1. The van der Waals surface area contributed by atoms with Gasteiger partial charge in [-0.05, 0) is 37.3 Å². The van der Waals surface area contributed by atoms with Crippen molar-refractivity contribution in [2.75, 3.05) is 0 Å². The number of carbonyl (C=O) groups excluding carboxylic acids is 1. The first kappa shape index (κ1) is 20.3. The number of nitrogens with zero attached hydrogens (tertiary/aromatic N) is 2. The number of nitro benzene ring substituents is 1. The van der Waals surface area contributed by atoms with E-state index in [1.165, 1.54) is 12.1 Å².